The van der Waals surface area contributed by atoms with Crippen LogP contribution in [0.4, 0.5) is 0 Å². The van der Waals surface area contributed by atoms with Crippen molar-refractivity contribution in [3.05, 3.63) is 47.6 Å². The van der Waals surface area contributed by atoms with Gasteiger partial charge in [0, 0.05) is 52.6 Å². The van der Waals surface area contributed by atoms with Crippen molar-refractivity contribution in [1.29, 1.82) is 0 Å². The molecule has 3 N–H and O–H groups in total. The molecule has 380 valence electrons. The van der Waals surface area contributed by atoms with E-state index in [1.807, 2.05) is 38.2 Å². The van der Waals surface area contributed by atoms with Crippen LogP contribution >= 0.6 is 0 Å². The van der Waals surface area contributed by atoms with Crippen LogP contribution in [0.25, 0.3) is 0 Å². The van der Waals surface area contributed by atoms with Crippen LogP contribution in [0.3, 0.4) is 0 Å². The quantitative estimate of drug-likeness (QED) is 0.122. The van der Waals surface area contributed by atoms with E-state index in [0.29, 0.717) is 56.9 Å². The molecule has 1 amide bonds. The summed E-state index contributed by atoms with van der Waals surface area (Å²) in [5, 5.41) is 32.8. The summed E-state index contributed by atoms with van der Waals surface area (Å²) in [6.45, 7) is 13.7. The lowest BCUT2D eigenvalue weighted by atomic mass is 9.78. The number of aliphatic hydroxyl groups is 3. The van der Waals surface area contributed by atoms with Crippen molar-refractivity contribution in [3.8, 4) is 0 Å². The fourth-order valence-electron chi connectivity index (χ4n) is 10.7. The predicted octanol–water partition coefficient (Wildman–Crippen LogP) is 7.02. The van der Waals surface area contributed by atoms with Gasteiger partial charge >= 0.3 is 5.97 Å². The molecule has 0 aromatic carbocycles. The highest BCUT2D eigenvalue weighted by molar-refractivity contribution is 6.39. The topological polar surface area (TPSA) is 188 Å². The molecule has 1 unspecified atom stereocenters. The van der Waals surface area contributed by atoms with Crippen LogP contribution in [0, 0.1) is 35.5 Å². The molecule has 0 radical (unpaired) electrons. The van der Waals surface area contributed by atoms with Crippen LogP contribution in [-0.4, -0.2) is 139 Å². The average molecular weight is 944 g/mol. The number of methoxy groups -OCH3 is 3. The average Bonchev–Trinajstić information content (AvgIpc) is 3.31. The third-order valence-corrected chi connectivity index (χ3v) is 14.9. The summed E-state index contributed by atoms with van der Waals surface area (Å²) in [6.07, 6.45) is 15.1. The summed E-state index contributed by atoms with van der Waals surface area (Å²) >= 11 is 0. The molecule has 4 rings (SSSR count). The van der Waals surface area contributed by atoms with E-state index >= 15 is 0 Å². The van der Waals surface area contributed by atoms with E-state index in [2.05, 4.69) is 19.9 Å². The van der Waals surface area contributed by atoms with Gasteiger partial charge < -0.3 is 48.6 Å². The molecule has 2 bridgehead atoms. The van der Waals surface area contributed by atoms with Crippen molar-refractivity contribution >= 4 is 23.4 Å². The number of carbonyl (C=O) groups is 4. The molecule has 15 atom stereocenters. The van der Waals surface area contributed by atoms with Gasteiger partial charge in [0.15, 0.2) is 0 Å². The molecule has 3 heterocycles. The SMILES string of the molecule is CO[C@H]1CC2CC[C@@H](C)[C@@](O)(O2)C(=O)C(=O)N2CCCC[C@H]2C(=O)O[C@H]([C@H](C)C[C@@H]2CC[C@@H](OCCO)[C@H](OC)C2)CC(=O)[C@H](C)/C=C(\C)[C@@H](O)[C@@H](OC)C[C@H](C)C[C@H](C)/C=C/C=C/C=C/1C. The summed E-state index contributed by atoms with van der Waals surface area (Å²) in [5.74, 6) is -6.38. The fraction of sp³-hybridized carbons (Fsp3) is 0.774. The third-order valence-electron chi connectivity index (χ3n) is 14.9. The first-order valence-corrected chi connectivity index (χ1v) is 25.0. The van der Waals surface area contributed by atoms with Gasteiger partial charge in [0.2, 0.25) is 5.79 Å². The zero-order valence-electron chi connectivity index (χ0n) is 42.2. The Labute approximate surface area is 400 Å². The number of esters is 1. The summed E-state index contributed by atoms with van der Waals surface area (Å²) in [4.78, 5) is 58.4. The van der Waals surface area contributed by atoms with Gasteiger partial charge in [-0.15, -0.1) is 0 Å². The van der Waals surface area contributed by atoms with Crippen LogP contribution in [0.2, 0.25) is 0 Å². The third kappa shape index (κ3) is 16.0. The van der Waals surface area contributed by atoms with Gasteiger partial charge in [-0.3, -0.25) is 14.4 Å². The van der Waals surface area contributed by atoms with Gasteiger partial charge in [-0.2, -0.15) is 0 Å². The molecular formula is C53H85NO13. The Kier molecular flexibility index (Phi) is 23.1. The maximum atomic E-state index is 14.5. The Morgan fingerprint density at radius 1 is 0.836 bits per heavy atom. The number of hydrogen-bond donors (Lipinski definition) is 3. The first-order valence-electron chi connectivity index (χ1n) is 25.0. The number of Topliss-reactive ketones (excluding diaryl/α,β-unsaturated/α-hetero) is 2. The number of hydrogen-bond acceptors (Lipinski definition) is 13. The second-order valence-electron chi connectivity index (χ2n) is 20.3. The minimum absolute atomic E-state index is 0.0816. The number of fused-ring (bicyclic) bond motifs is 3. The number of cyclic esters (lactones) is 1. The number of aliphatic hydroxyl groups excluding tert-OH is 2. The lowest BCUT2D eigenvalue weighted by Gasteiger charge is -2.42. The Balaban J connectivity index is 1.68. The molecule has 14 heteroatoms. The van der Waals surface area contributed by atoms with Crippen LogP contribution in [-0.2, 0) is 47.6 Å². The van der Waals surface area contributed by atoms with Crippen molar-refractivity contribution in [3.63, 3.8) is 0 Å². The van der Waals surface area contributed by atoms with Gasteiger partial charge in [0.05, 0.1) is 43.7 Å². The number of ether oxygens (including phenoxy) is 6. The minimum Gasteiger partial charge on any atom is -0.460 e. The van der Waals surface area contributed by atoms with Gasteiger partial charge in [-0.1, -0.05) is 71.1 Å². The Morgan fingerprint density at radius 3 is 2.25 bits per heavy atom. The van der Waals surface area contributed by atoms with Crippen molar-refractivity contribution in [1.82, 2.24) is 4.90 Å². The molecule has 1 aliphatic carbocycles. The highest BCUT2D eigenvalue weighted by Crippen LogP contribution is 2.38. The van der Waals surface area contributed by atoms with Crippen molar-refractivity contribution in [2.24, 2.45) is 35.5 Å². The molecule has 14 nitrogen and oxygen atoms in total. The zero-order valence-corrected chi connectivity index (χ0v) is 42.2. The van der Waals surface area contributed by atoms with E-state index in [1.165, 1.54) is 4.90 Å². The number of carbonyl (C=O) groups excluding carboxylic acids is 4. The van der Waals surface area contributed by atoms with Gasteiger partial charge in [-0.05, 0) is 119 Å². The lowest BCUT2D eigenvalue weighted by molar-refractivity contribution is -0.265. The molecule has 67 heavy (non-hydrogen) atoms. The maximum absolute atomic E-state index is 14.5. The van der Waals surface area contributed by atoms with Crippen molar-refractivity contribution in [2.75, 3.05) is 41.1 Å². The van der Waals surface area contributed by atoms with E-state index < -0.39 is 65.7 Å². The number of allylic oxidation sites excluding steroid dienone is 6. The van der Waals surface area contributed by atoms with E-state index in [0.717, 1.165) is 24.8 Å². The van der Waals surface area contributed by atoms with Crippen LogP contribution in [0.1, 0.15) is 132 Å². The van der Waals surface area contributed by atoms with Crippen molar-refractivity contribution < 1.29 is 62.9 Å². The fourth-order valence-corrected chi connectivity index (χ4v) is 10.7. The molecule has 0 spiro atoms. The number of rotatable bonds is 9. The zero-order chi connectivity index (χ0) is 49.4. The van der Waals surface area contributed by atoms with Crippen molar-refractivity contribution in [2.45, 2.75) is 186 Å². The predicted molar refractivity (Wildman–Crippen MR) is 256 cm³/mol. The Hall–Kier alpha value is -3.08. The summed E-state index contributed by atoms with van der Waals surface area (Å²) in [5.41, 5.74) is 1.53. The molecule has 1 saturated carbocycles. The highest BCUT2D eigenvalue weighted by atomic mass is 16.6. The van der Waals surface area contributed by atoms with Gasteiger partial charge in [0.1, 0.15) is 24.0 Å². The summed E-state index contributed by atoms with van der Waals surface area (Å²) in [6, 6.07) is -1.11. The summed E-state index contributed by atoms with van der Waals surface area (Å²) < 4.78 is 35.9. The molecule has 2 saturated heterocycles. The van der Waals surface area contributed by atoms with Crippen LogP contribution in [0.15, 0.2) is 47.6 Å². The lowest BCUT2D eigenvalue weighted by Crippen LogP contribution is -2.61. The second kappa shape index (κ2) is 27.3. The monoisotopic (exact) mass is 944 g/mol. The number of ketones is 2. The molecule has 3 fully saturated rings. The van der Waals surface area contributed by atoms with Gasteiger partial charge in [-0.25, -0.2) is 4.79 Å². The first-order chi connectivity index (χ1) is 31.9. The Bertz CT molecular complexity index is 1730. The number of amides is 1. The number of piperidine rings is 1. The van der Waals surface area contributed by atoms with E-state index in [4.69, 9.17) is 28.4 Å². The minimum atomic E-state index is -2.41. The van der Waals surface area contributed by atoms with E-state index in [1.54, 1.807) is 48.2 Å². The van der Waals surface area contributed by atoms with E-state index in [9.17, 15) is 34.5 Å². The van der Waals surface area contributed by atoms with Crippen LogP contribution < -0.4 is 0 Å². The number of nitrogens with zero attached hydrogens (tertiary/aromatic N) is 1. The second-order valence-corrected chi connectivity index (χ2v) is 20.3. The summed E-state index contributed by atoms with van der Waals surface area (Å²) in [7, 11) is 4.84. The standard InChI is InChI=1S/C53H85NO13/c1-33-16-12-11-13-17-35(3)45(62-8)31-41-21-19-39(7)53(61,67-41)50(58)51(59)54-23-15-14-18-42(54)52(60)66-46(37(5)29-40-20-22-44(65-25-24-55)47(30-40)63-9)32-43(56)36(4)28-38(6)49(57)48(64-10)27-34(2)26-33/h11-13,16-17,28,33-34,36-37,39-42,44-49,55,57,61H,14-15,18-27,29-32H2,1-10H3/b13-11+,16-12+,35-17+,38-28+/t33-,34-,36-,37-,39-,40+,41?,42+,44-,45+,46+,47-,48+,49-,53-/m1/s1. The highest BCUT2D eigenvalue weighted by Gasteiger charge is 2.53. The van der Waals surface area contributed by atoms with Crippen LogP contribution in [0.5, 0.6) is 0 Å². The molecule has 0 aromatic rings. The largest absolute Gasteiger partial charge is 0.460 e. The molecule has 0 aromatic heterocycles. The molecular weight excluding hydrogens is 859 g/mol. The Morgan fingerprint density at radius 2 is 1.57 bits per heavy atom. The maximum Gasteiger partial charge on any atom is 0.329 e. The molecule has 4 aliphatic rings. The molecule has 3 aliphatic heterocycles. The normalized spacial score (nSPS) is 39.5. The van der Waals surface area contributed by atoms with Gasteiger partial charge in [0.25, 0.3) is 11.7 Å². The smallest absolute Gasteiger partial charge is 0.329 e. The van der Waals surface area contributed by atoms with E-state index in [-0.39, 0.29) is 80.4 Å². The first kappa shape index (κ1) is 56.5.